The zero-order valence-corrected chi connectivity index (χ0v) is 15.2. The molecular formula is C17H21FN4O3S. The van der Waals surface area contributed by atoms with Crippen LogP contribution in [-0.2, 0) is 28.4 Å². The molecule has 1 aromatic carbocycles. The largest absolute Gasteiger partial charge is 0.352 e. The molecule has 1 amide bonds. The molecule has 2 heterocycles. The third-order valence-electron chi connectivity index (χ3n) is 4.42. The highest BCUT2D eigenvalue weighted by Gasteiger charge is 2.34. The van der Waals surface area contributed by atoms with Crippen molar-refractivity contribution in [3.63, 3.8) is 0 Å². The van der Waals surface area contributed by atoms with E-state index in [1.165, 1.54) is 29.0 Å². The Hall–Kier alpha value is -2.26. The zero-order valence-electron chi connectivity index (χ0n) is 14.4. The van der Waals surface area contributed by atoms with E-state index in [4.69, 9.17) is 0 Å². The summed E-state index contributed by atoms with van der Waals surface area (Å²) in [6, 6.07) is 5.88. The van der Waals surface area contributed by atoms with Gasteiger partial charge in [-0.15, -0.1) is 0 Å². The zero-order chi connectivity index (χ0) is 18.7. The van der Waals surface area contributed by atoms with E-state index in [0.717, 1.165) is 5.56 Å². The summed E-state index contributed by atoms with van der Waals surface area (Å²) in [5, 5.41) is 2.79. The van der Waals surface area contributed by atoms with E-state index >= 15 is 0 Å². The van der Waals surface area contributed by atoms with Gasteiger partial charge in [-0.1, -0.05) is 12.1 Å². The molecule has 1 atom stereocenters. The van der Waals surface area contributed by atoms with E-state index in [1.54, 1.807) is 23.7 Å². The number of hydrogen-bond donors (Lipinski definition) is 1. The Morgan fingerprint density at radius 1 is 1.35 bits per heavy atom. The molecule has 26 heavy (non-hydrogen) atoms. The van der Waals surface area contributed by atoms with Crippen molar-refractivity contribution in [1.29, 1.82) is 0 Å². The topological polar surface area (TPSA) is 84.3 Å². The normalized spacial score (nSPS) is 18.6. The first-order valence-electron chi connectivity index (χ1n) is 8.36. The van der Waals surface area contributed by atoms with Crippen molar-refractivity contribution in [2.45, 2.75) is 24.4 Å². The average Bonchev–Trinajstić information content (AvgIpc) is 3.08. The van der Waals surface area contributed by atoms with Crippen molar-refractivity contribution in [2.75, 3.05) is 13.1 Å². The minimum Gasteiger partial charge on any atom is -0.352 e. The van der Waals surface area contributed by atoms with Gasteiger partial charge in [0.15, 0.2) is 5.03 Å². The van der Waals surface area contributed by atoms with Gasteiger partial charge in [-0.05, 0) is 30.5 Å². The van der Waals surface area contributed by atoms with Gasteiger partial charge in [0.25, 0.3) is 10.0 Å². The highest BCUT2D eigenvalue weighted by Crippen LogP contribution is 2.23. The van der Waals surface area contributed by atoms with Crippen LogP contribution >= 0.6 is 0 Å². The first kappa shape index (κ1) is 18.5. The summed E-state index contributed by atoms with van der Waals surface area (Å²) in [6.07, 6.45) is 4.13. The van der Waals surface area contributed by atoms with Crippen LogP contribution < -0.4 is 5.32 Å². The van der Waals surface area contributed by atoms with Crippen LogP contribution in [0, 0.1) is 11.7 Å². The predicted octanol–water partition coefficient (Wildman–Crippen LogP) is 1.28. The maximum absolute atomic E-state index is 12.9. The maximum atomic E-state index is 12.9. The molecule has 0 saturated carbocycles. The second kappa shape index (κ2) is 7.55. The monoisotopic (exact) mass is 380 g/mol. The molecule has 0 spiro atoms. The number of carbonyl (C=O) groups excluding carboxylic acids is 1. The molecule has 0 aliphatic carbocycles. The maximum Gasteiger partial charge on any atom is 0.262 e. The number of carbonyl (C=O) groups is 1. The number of piperidine rings is 1. The fourth-order valence-corrected chi connectivity index (χ4v) is 4.45. The molecular weight excluding hydrogens is 359 g/mol. The van der Waals surface area contributed by atoms with Crippen LogP contribution in [0.25, 0.3) is 0 Å². The first-order valence-corrected chi connectivity index (χ1v) is 9.80. The molecule has 1 aliphatic rings. The van der Waals surface area contributed by atoms with E-state index in [0.29, 0.717) is 19.4 Å². The number of imidazole rings is 1. The summed E-state index contributed by atoms with van der Waals surface area (Å²) in [5.74, 6) is -0.944. The molecule has 1 aromatic heterocycles. The molecule has 1 fully saturated rings. The number of nitrogens with zero attached hydrogens (tertiary/aromatic N) is 3. The fraction of sp³-hybridized carbons (Fsp3) is 0.412. The number of hydrogen-bond acceptors (Lipinski definition) is 4. The quantitative estimate of drug-likeness (QED) is 0.847. The molecule has 0 bridgehead atoms. The Morgan fingerprint density at radius 2 is 2.08 bits per heavy atom. The van der Waals surface area contributed by atoms with Crippen molar-refractivity contribution >= 4 is 15.9 Å². The lowest BCUT2D eigenvalue weighted by Gasteiger charge is -2.30. The van der Waals surface area contributed by atoms with E-state index in [-0.39, 0.29) is 29.8 Å². The summed E-state index contributed by atoms with van der Waals surface area (Å²) >= 11 is 0. The van der Waals surface area contributed by atoms with Gasteiger partial charge in [0, 0.05) is 32.9 Å². The minimum absolute atomic E-state index is 0.00706. The third-order valence-corrected chi connectivity index (χ3v) is 6.17. The van der Waals surface area contributed by atoms with Gasteiger partial charge < -0.3 is 9.88 Å². The Morgan fingerprint density at radius 3 is 2.73 bits per heavy atom. The molecule has 3 rings (SSSR count). The molecule has 0 unspecified atom stereocenters. The van der Waals surface area contributed by atoms with Crippen LogP contribution in [0.15, 0.2) is 41.8 Å². The summed E-state index contributed by atoms with van der Waals surface area (Å²) in [7, 11) is -2.00. The number of sulfonamides is 1. The van der Waals surface area contributed by atoms with Gasteiger partial charge in [-0.3, -0.25) is 4.79 Å². The van der Waals surface area contributed by atoms with Crippen LogP contribution in [0.4, 0.5) is 4.39 Å². The lowest BCUT2D eigenvalue weighted by molar-refractivity contribution is -0.126. The van der Waals surface area contributed by atoms with Gasteiger partial charge in [-0.2, -0.15) is 4.31 Å². The minimum atomic E-state index is -3.70. The highest BCUT2D eigenvalue weighted by molar-refractivity contribution is 7.89. The Kier molecular flexibility index (Phi) is 5.38. The van der Waals surface area contributed by atoms with Gasteiger partial charge in [0.1, 0.15) is 5.82 Å². The smallest absolute Gasteiger partial charge is 0.262 e. The molecule has 9 heteroatoms. The number of halogens is 1. The molecule has 1 N–H and O–H groups in total. The Labute approximate surface area is 151 Å². The fourth-order valence-electron chi connectivity index (χ4n) is 2.96. The van der Waals surface area contributed by atoms with E-state index in [1.807, 2.05) is 0 Å². The van der Waals surface area contributed by atoms with Crippen LogP contribution in [0.3, 0.4) is 0 Å². The number of nitrogens with one attached hydrogen (secondary N) is 1. The van der Waals surface area contributed by atoms with Crippen LogP contribution in [0.2, 0.25) is 0 Å². The molecule has 2 aromatic rings. The lowest BCUT2D eigenvalue weighted by atomic mass is 9.99. The van der Waals surface area contributed by atoms with Crippen molar-refractivity contribution in [3.8, 4) is 0 Å². The lowest BCUT2D eigenvalue weighted by Crippen LogP contribution is -2.45. The van der Waals surface area contributed by atoms with Gasteiger partial charge in [0.05, 0.1) is 12.2 Å². The van der Waals surface area contributed by atoms with Crippen LogP contribution in [-0.4, -0.2) is 41.3 Å². The van der Waals surface area contributed by atoms with Crippen molar-refractivity contribution in [3.05, 3.63) is 48.2 Å². The summed E-state index contributed by atoms with van der Waals surface area (Å²) in [6.45, 7) is 0.789. The second-order valence-corrected chi connectivity index (χ2v) is 8.31. The van der Waals surface area contributed by atoms with E-state index < -0.39 is 15.9 Å². The number of aromatic nitrogens is 2. The molecule has 0 radical (unpaired) electrons. The van der Waals surface area contributed by atoms with Crippen molar-refractivity contribution in [2.24, 2.45) is 13.0 Å². The molecule has 1 saturated heterocycles. The van der Waals surface area contributed by atoms with Crippen LogP contribution in [0.1, 0.15) is 18.4 Å². The number of benzene rings is 1. The average molecular weight is 380 g/mol. The van der Waals surface area contributed by atoms with Gasteiger partial charge in [-0.25, -0.2) is 17.8 Å². The summed E-state index contributed by atoms with van der Waals surface area (Å²) in [5.41, 5.74) is 0.786. The molecule has 140 valence electrons. The number of aryl methyl sites for hydroxylation is 1. The summed E-state index contributed by atoms with van der Waals surface area (Å²) < 4.78 is 41.1. The van der Waals surface area contributed by atoms with E-state index in [9.17, 15) is 17.6 Å². The Balaban J connectivity index is 1.62. The van der Waals surface area contributed by atoms with Crippen LogP contribution in [0.5, 0.6) is 0 Å². The SMILES string of the molecule is Cn1cnc(S(=O)(=O)N2CCC[C@H](C(=O)NCc3ccc(F)cc3)C2)c1. The number of amides is 1. The van der Waals surface area contributed by atoms with Crippen molar-refractivity contribution in [1.82, 2.24) is 19.2 Å². The molecule has 1 aliphatic heterocycles. The molecule has 7 nitrogen and oxygen atoms in total. The summed E-state index contributed by atoms with van der Waals surface area (Å²) in [4.78, 5) is 16.3. The van der Waals surface area contributed by atoms with Gasteiger partial charge in [0.2, 0.25) is 5.91 Å². The highest BCUT2D eigenvalue weighted by atomic mass is 32.2. The second-order valence-electron chi connectivity index (χ2n) is 6.42. The van der Waals surface area contributed by atoms with E-state index in [2.05, 4.69) is 10.3 Å². The third kappa shape index (κ3) is 4.10. The van der Waals surface area contributed by atoms with Crippen molar-refractivity contribution < 1.29 is 17.6 Å². The number of rotatable bonds is 5. The predicted molar refractivity (Wildman–Crippen MR) is 92.9 cm³/mol. The standard InChI is InChI=1S/C17H21FN4O3S/c1-21-11-16(20-12-21)26(24,25)22-8-2-3-14(10-22)17(23)19-9-13-4-6-15(18)7-5-13/h4-7,11-12,14H,2-3,8-10H2,1H3,(H,19,23)/t14-/m0/s1. The first-order chi connectivity index (χ1) is 12.4. The Bertz CT molecular complexity index is 880. The van der Waals surface area contributed by atoms with Gasteiger partial charge >= 0.3 is 0 Å².